The van der Waals surface area contributed by atoms with Crippen molar-refractivity contribution in [3.8, 4) is 22.5 Å². The Labute approximate surface area is 128 Å². The first-order valence-corrected chi connectivity index (χ1v) is 7.88. The molecule has 0 aliphatic rings. The van der Waals surface area contributed by atoms with Crippen LogP contribution < -0.4 is 5.73 Å². The Balaban J connectivity index is 2.22. The number of nitrogen functional groups attached to an aromatic ring is 1. The third kappa shape index (κ3) is 2.54. The minimum atomic E-state index is 0.423. The first-order valence-electron chi connectivity index (χ1n) is 6.66. The molecular weight excluding hydrogens is 280 g/mol. The standard InChI is InChI=1S/C17H16N2OS/c1-11-6-5-7-12(10-11)15-16(20-19-17(15)18)13-8-3-4-9-14(13)21-2/h3-10H,1-2H3,(H2,18,19). The molecule has 0 saturated heterocycles. The molecule has 1 heterocycles. The zero-order valence-electron chi connectivity index (χ0n) is 12.0. The number of benzene rings is 2. The molecule has 0 bridgehead atoms. The molecule has 1 aromatic heterocycles. The molecule has 0 spiro atoms. The molecule has 3 aromatic rings. The first-order chi connectivity index (χ1) is 10.2. The molecule has 4 heteroatoms. The fourth-order valence-corrected chi connectivity index (χ4v) is 2.99. The lowest BCUT2D eigenvalue weighted by molar-refractivity contribution is 0.435. The van der Waals surface area contributed by atoms with E-state index in [9.17, 15) is 0 Å². The van der Waals surface area contributed by atoms with E-state index in [0.29, 0.717) is 5.82 Å². The van der Waals surface area contributed by atoms with Gasteiger partial charge in [-0.3, -0.25) is 0 Å². The number of aryl methyl sites for hydroxylation is 1. The van der Waals surface area contributed by atoms with E-state index in [1.165, 1.54) is 5.56 Å². The summed E-state index contributed by atoms with van der Waals surface area (Å²) in [7, 11) is 0. The molecule has 0 fully saturated rings. The van der Waals surface area contributed by atoms with Gasteiger partial charge in [-0.15, -0.1) is 11.8 Å². The highest BCUT2D eigenvalue weighted by Crippen LogP contribution is 2.40. The van der Waals surface area contributed by atoms with E-state index in [1.807, 2.05) is 36.6 Å². The zero-order valence-corrected chi connectivity index (χ0v) is 12.8. The number of aromatic nitrogens is 1. The molecule has 3 rings (SSSR count). The van der Waals surface area contributed by atoms with Crippen molar-refractivity contribution in [3.05, 3.63) is 54.1 Å². The van der Waals surface area contributed by atoms with Crippen molar-refractivity contribution in [1.29, 1.82) is 0 Å². The van der Waals surface area contributed by atoms with Gasteiger partial charge >= 0.3 is 0 Å². The number of hydrogen-bond acceptors (Lipinski definition) is 4. The van der Waals surface area contributed by atoms with E-state index in [2.05, 4.69) is 30.3 Å². The largest absolute Gasteiger partial charge is 0.380 e. The van der Waals surface area contributed by atoms with Crippen LogP contribution >= 0.6 is 11.8 Å². The molecule has 0 atom stereocenters. The van der Waals surface area contributed by atoms with Gasteiger partial charge in [0.1, 0.15) is 0 Å². The maximum Gasteiger partial charge on any atom is 0.178 e. The Kier molecular flexibility index (Phi) is 3.71. The molecule has 0 unspecified atom stereocenters. The van der Waals surface area contributed by atoms with Crippen molar-refractivity contribution < 1.29 is 4.52 Å². The van der Waals surface area contributed by atoms with E-state index in [-0.39, 0.29) is 0 Å². The van der Waals surface area contributed by atoms with Gasteiger partial charge in [-0.05, 0) is 30.9 Å². The second-order valence-corrected chi connectivity index (χ2v) is 5.69. The third-order valence-electron chi connectivity index (χ3n) is 3.38. The lowest BCUT2D eigenvalue weighted by Crippen LogP contribution is -1.90. The zero-order chi connectivity index (χ0) is 14.8. The fraction of sp³-hybridized carbons (Fsp3) is 0.118. The predicted molar refractivity (Wildman–Crippen MR) is 88.3 cm³/mol. The molecule has 3 nitrogen and oxygen atoms in total. The van der Waals surface area contributed by atoms with Crippen LogP contribution in [0.5, 0.6) is 0 Å². The number of anilines is 1. The molecule has 21 heavy (non-hydrogen) atoms. The minimum absolute atomic E-state index is 0.423. The smallest absolute Gasteiger partial charge is 0.178 e. The van der Waals surface area contributed by atoms with Crippen LogP contribution in [-0.4, -0.2) is 11.4 Å². The van der Waals surface area contributed by atoms with E-state index >= 15 is 0 Å². The maximum atomic E-state index is 6.04. The molecule has 0 aliphatic carbocycles. The van der Waals surface area contributed by atoms with Crippen LogP contribution in [0, 0.1) is 6.92 Å². The Morgan fingerprint density at radius 1 is 1.10 bits per heavy atom. The van der Waals surface area contributed by atoms with Gasteiger partial charge in [0.05, 0.1) is 5.56 Å². The third-order valence-corrected chi connectivity index (χ3v) is 4.17. The summed E-state index contributed by atoms with van der Waals surface area (Å²) >= 11 is 1.68. The summed E-state index contributed by atoms with van der Waals surface area (Å²) < 4.78 is 5.53. The van der Waals surface area contributed by atoms with Crippen LogP contribution in [0.25, 0.3) is 22.5 Å². The number of thioether (sulfide) groups is 1. The summed E-state index contributed by atoms with van der Waals surface area (Å²) in [6, 6.07) is 16.3. The van der Waals surface area contributed by atoms with Crippen LogP contribution in [0.2, 0.25) is 0 Å². The lowest BCUT2D eigenvalue weighted by Gasteiger charge is -2.07. The Morgan fingerprint density at radius 2 is 1.90 bits per heavy atom. The average Bonchev–Trinajstić information content (AvgIpc) is 2.88. The second kappa shape index (κ2) is 5.66. The topological polar surface area (TPSA) is 52.0 Å². The Morgan fingerprint density at radius 3 is 2.67 bits per heavy atom. The fourth-order valence-electron chi connectivity index (χ4n) is 2.40. The molecule has 0 amide bonds. The average molecular weight is 296 g/mol. The molecule has 106 valence electrons. The Hall–Kier alpha value is -2.20. The van der Waals surface area contributed by atoms with E-state index < -0.39 is 0 Å². The lowest BCUT2D eigenvalue weighted by atomic mass is 10.00. The van der Waals surface area contributed by atoms with Crippen molar-refractivity contribution in [2.75, 3.05) is 12.0 Å². The summed E-state index contributed by atoms with van der Waals surface area (Å²) in [5.41, 5.74) is 10.1. The van der Waals surface area contributed by atoms with Crippen LogP contribution in [0.15, 0.2) is 57.9 Å². The minimum Gasteiger partial charge on any atom is -0.380 e. The second-order valence-electron chi connectivity index (χ2n) is 4.84. The van der Waals surface area contributed by atoms with Crippen LogP contribution in [0.1, 0.15) is 5.56 Å². The highest BCUT2D eigenvalue weighted by Gasteiger charge is 2.19. The van der Waals surface area contributed by atoms with Gasteiger partial charge in [0.15, 0.2) is 11.6 Å². The highest BCUT2D eigenvalue weighted by molar-refractivity contribution is 7.98. The van der Waals surface area contributed by atoms with Crippen molar-refractivity contribution in [3.63, 3.8) is 0 Å². The quantitative estimate of drug-likeness (QED) is 0.716. The van der Waals surface area contributed by atoms with Gasteiger partial charge in [-0.25, -0.2) is 0 Å². The molecule has 0 aliphatic heterocycles. The van der Waals surface area contributed by atoms with Gasteiger partial charge < -0.3 is 10.3 Å². The summed E-state index contributed by atoms with van der Waals surface area (Å²) in [5.74, 6) is 1.15. The Bertz CT molecular complexity index is 780. The number of rotatable bonds is 3. The van der Waals surface area contributed by atoms with Crippen LogP contribution in [-0.2, 0) is 0 Å². The van der Waals surface area contributed by atoms with Crippen molar-refractivity contribution >= 4 is 17.6 Å². The molecule has 0 radical (unpaired) electrons. The predicted octanol–water partition coefficient (Wildman–Crippen LogP) is 4.62. The first kappa shape index (κ1) is 13.8. The van der Waals surface area contributed by atoms with E-state index in [4.69, 9.17) is 10.3 Å². The van der Waals surface area contributed by atoms with E-state index in [0.717, 1.165) is 27.3 Å². The number of hydrogen-bond donors (Lipinski definition) is 1. The van der Waals surface area contributed by atoms with Gasteiger partial charge in [0.2, 0.25) is 0 Å². The summed E-state index contributed by atoms with van der Waals surface area (Å²) in [6.07, 6.45) is 2.05. The SMILES string of the molecule is CSc1ccccc1-c1onc(N)c1-c1cccc(C)c1. The number of nitrogens with zero attached hydrogens (tertiary/aromatic N) is 1. The molecule has 2 aromatic carbocycles. The van der Waals surface area contributed by atoms with Gasteiger partial charge in [-0.2, -0.15) is 0 Å². The molecular formula is C17H16N2OS. The van der Waals surface area contributed by atoms with Crippen molar-refractivity contribution in [2.24, 2.45) is 0 Å². The molecule has 0 saturated carbocycles. The molecule has 2 N–H and O–H groups in total. The van der Waals surface area contributed by atoms with Gasteiger partial charge in [0.25, 0.3) is 0 Å². The summed E-state index contributed by atoms with van der Waals surface area (Å²) in [4.78, 5) is 1.14. The highest BCUT2D eigenvalue weighted by atomic mass is 32.2. The van der Waals surface area contributed by atoms with Crippen LogP contribution in [0.4, 0.5) is 5.82 Å². The van der Waals surface area contributed by atoms with Gasteiger partial charge in [-0.1, -0.05) is 47.1 Å². The van der Waals surface area contributed by atoms with Crippen molar-refractivity contribution in [2.45, 2.75) is 11.8 Å². The van der Waals surface area contributed by atoms with E-state index in [1.54, 1.807) is 11.8 Å². The summed E-state index contributed by atoms with van der Waals surface area (Å²) in [6.45, 7) is 2.06. The van der Waals surface area contributed by atoms with Crippen molar-refractivity contribution in [1.82, 2.24) is 5.16 Å². The maximum absolute atomic E-state index is 6.04. The normalized spacial score (nSPS) is 10.8. The monoisotopic (exact) mass is 296 g/mol. The van der Waals surface area contributed by atoms with Gasteiger partial charge in [0, 0.05) is 10.5 Å². The van der Waals surface area contributed by atoms with Crippen LogP contribution in [0.3, 0.4) is 0 Å². The summed E-state index contributed by atoms with van der Waals surface area (Å²) in [5, 5.41) is 3.97. The number of nitrogens with two attached hydrogens (primary N) is 1.